The number of hydrogen-bond acceptors (Lipinski definition) is 14. The summed E-state index contributed by atoms with van der Waals surface area (Å²) < 4.78 is 24.7. The molecule has 0 aromatic heterocycles. The van der Waals surface area contributed by atoms with E-state index in [1.807, 2.05) is 0 Å². The average Bonchev–Trinajstić information content (AvgIpc) is 3.69. The predicted molar refractivity (Wildman–Crippen MR) is 196 cm³/mol. The number of rotatable bonds is 10. The van der Waals surface area contributed by atoms with Crippen LogP contribution in [0.3, 0.4) is 0 Å². The van der Waals surface area contributed by atoms with Gasteiger partial charge >= 0.3 is 0 Å². The van der Waals surface area contributed by atoms with Crippen LogP contribution in [0.5, 0.6) is 0 Å². The van der Waals surface area contributed by atoms with Gasteiger partial charge in [-0.3, -0.25) is 0 Å². The molecule has 0 amide bonds. The highest BCUT2D eigenvalue weighted by atomic mass is 16.7. The predicted octanol–water partition coefficient (Wildman–Crippen LogP) is 0.564. The van der Waals surface area contributed by atoms with Crippen molar-refractivity contribution in [3.8, 4) is 0 Å². The van der Waals surface area contributed by atoms with Crippen molar-refractivity contribution in [2.24, 2.45) is 50.7 Å². The van der Waals surface area contributed by atoms with E-state index in [0.717, 1.165) is 25.7 Å². The van der Waals surface area contributed by atoms with E-state index >= 15 is 0 Å². The lowest BCUT2D eigenvalue weighted by Crippen LogP contribution is -2.62. The molecule has 2 saturated heterocycles. The van der Waals surface area contributed by atoms with Crippen molar-refractivity contribution in [2.45, 2.75) is 192 Å². The molecule has 7 fully saturated rings. The minimum Gasteiger partial charge on any atom is -0.394 e. The Labute approximate surface area is 325 Å². The first-order valence-corrected chi connectivity index (χ1v) is 20.9. The Morgan fingerprint density at radius 2 is 1.45 bits per heavy atom. The first kappa shape index (κ1) is 42.6. The SMILES string of the molecule is C[C@H](CC[C@@H](O)C(C)(C)O)[C@H]1[C@@H](O[C@@H]2O[C@H](CO)[C@@H](O)[C@H](O)[C@H]2O)C[C@@]2(C)[C@@H]3C[C@H](O)[C@H]4C(C)(C)[C@@H](O[C@@H]5OC[C@@H](O)[C@H](O)[C@H]5O)CC[C@@]45C[C@@]35CC[C@]12C. The summed E-state index contributed by atoms with van der Waals surface area (Å²) >= 11 is 0. The highest BCUT2D eigenvalue weighted by Gasteiger charge is 2.84. The van der Waals surface area contributed by atoms with Gasteiger partial charge in [0, 0.05) is 0 Å². The van der Waals surface area contributed by atoms with Gasteiger partial charge in [0.2, 0.25) is 0 Å². The maximum atomic E-state index is 12.4. The molecular formula is C41H70O14. The Morgan fingerprint density at radius 1 is 0.782 bits per heavy atom. The van der Waals surface area contributed by atoms with Crippen LogP contribution < -0.4 is 0 Å². The Morgan fingerprint density at radius 3 is 2.11 bits per heavy atom. The molecule has 0 unspecified atom stereocenters. The van der Waals surface area contributed by atoms with Crippen LogP contribution in [0, 0.1) is 50.7 Å². The molecule has 2 aliphatic heterocycles. The van der Waals surface area contributed by atoms with Gasteiger partial charge in [0.25, 0.3) is 0 Å². The van der Waals surface area contributed by atoms with E-state index in [1.54, 1.807) is 13.8 Å². The summed E-state index contributed by atoms with van der Waals surface area (Å²) in [5.41, 5.74) is -2.55. The molecule has 318 valence electrons. The molecule has 55 heavy (non-hydrogen) atoms. The molecule has 7 rings (SSSR count). The van der Waals surface area contributed by atoms with E-state index in [0.29, 0.717) is 32.1 Å². The van der Waals surface area contributed by atoms with Gasteiger partial charge in [-0.05, 0) is 122 Å². The number of ether oxygens (including phenoxy) is 4. The first-order chi connectivity index (χ1) is 25.5. The Balaban J connectivity index is 1.17. The number of aliphatic hydroxyl groups is 10. The van der Waals surface area contributed by atoms with Crippen molar-refractivity contribution in [1.29, 1.82) is 0 Å². The molecule has 0 aromatic carbocycles. The molecule has 2 spiro atoms. The van der Waals surface area contributed by atoms with Crippen molar-refractivity contribution in [1.82, 2.24) is 0 Å². The summed E-state index contributed by atoms with van der Waals surface area (Å²) in [6.45, 7) is 13.6. The molecule has 14 heteroatoms. The topological polar surface area (TPSA) is 239 Å². The van der Waals surface area contributed by atoms with Gasteiger partial charge in [0.15, 0.2) is 12.6 Å². The lowest BCUT2D eigenvalue weighted by Gasteiger charge is -2.64. The molecule has 14 nitrogen and oxygen atoms in total. The van der Waals surface area contributed by atoms with Crippen molar-refractivity contribution >= 4 is 0 Å². The maximum absolute atomic E-state index is 12.4. The second-order valence-electron chi connectivity index (χ2n) is 20.7. The van der Waals surface area contributed by atoms with Crippen LogP contribution in [-0.2, 0) is 18.9 Å². The normalized spacial score (nSPS) is 54.4. The maximum Gasteiger partial charge on any atom is 0.186 e. The minimum atomic E-state index is -1.57. The number of fused-ring (bicyclic) bond motifs is 2. The van der Waals surface area contributed by atoms with E-state index in [1.165, 1.54) is 0 Å². The van der Waals surface area contributed by atoms with Gasteiger partial charge in [0.05, 0.1) is 43.2 Å². The Hall–Kier alpha value is -0.560. The highest BCUT2D eigenvalue weighted by Crippen LogP contribution is 2.89. The van der Waals surface area contributed by atoms with Gasteiger partial charge < -0.3 is 70.0 Å². The zero-order valence-corrected chi connectivity index (χ0v) is 33.7. The molecule has 5 saturated carbocycles. The van der Waals surface area contributed by atoms with Gasteiger partial charge in [-0.2, -0.15) is 0 Å². The zero-order valence-electron chi connectivity index (χ0n) is 33.7. The van der Waals surface area contributed by atoms with Crippen molar-refractivity contribution in [3.63, 3.8) is 0 Å². The molecule has 21 atom stereocenters. The second-order valence-corrected chi connectivity index (χ2v) is 20.7. The fourth-order valence-corrected chi connectivity index (χ4v) is 14.2. The van der Waals surface area contributed by atoms with Crippen LogP contribution >= 0.6 is 0 Å². The van der Waals surface area contributed by atoms with Gasteiger partial charge in [-0.1, -0.05) is 34.6 Å². The lowest BCUT2D eigenvalue weighted by atomic mass is 9.41. The third-order valence-corrected chi connectivity index (χ3v) is 17.3. The standard InChI is InChI=1S/C41H70O14/c1-19(8-9-25(45)37(4,5)51)27-22(53-35-32(50)30(48)29(47)23(16-42)54-35)15-39(7)24-14-20(43)33-36(2,3)26(55-34-31(49)28(46)21(44)17-52-34)10-11-41(33)18-40(24,41)13-12-38(27,39)6/h19-35,42-51H,8-18H2,1-7H3/t19-,20+,21-,22+,23-,24+,25-,26+,27+,28+,29-,30+,31-,32-,33+,34+,35-,38-,39+,40+,41-/m1/s1. The summed E-state index contributed by atoms with van der Waals surface area (Å²) in [4.78, 5) is 0. The van der Waals surface area contributed by atoms with Gasteiger partial charge in [0.1, 0.15) is 42.7 Å². The van der Waals surface area contributed by atoms with Crippen LogP contribution in [0.15, 0.2) is 0 Å². The van der Waals surface area contributed by atoms with E-state index in [-0.39, 0.29) is 58.0 Å². The molecule has 0 bridgehead atoms. The van der Waals surface area contributed by atoms with Crippen LogP contribution in [-0.4, -0.2) is 150 Å². The Kier molecular flexibility index (Phi) is 11.1. The van der Waals surface area contributed by atoms with Crippen LogP contribution in [0.2, 0.25) is 0 Å². The fourth-order valence-electron chi connectivity index (χ4n) is 14.2. The zero-order chi connectivity index (χ0) is 40.4. The van der Waals surface area contributed by atoms with Crippen LogP contribution in [0.4, 0.5) is 0 Å². The molecule has 2 heterocycles. The third-order valence-electron chi connectivity index (χ3n) is 17.3. The third kappa shape index (κ3) is 6.33. The average molecular weight is 787 g/mol. The first-order valence-electron chi connectivity index (χ1n) is 20.9. The van der Waals surface area contributed by atoms with Gasteiger partial charge in [-0.15, -0.1) is 0 Å². The van der Waals surface area contributed by atoms with E-state index in [2.05, 4.69) is 34.6 Å². The summed E-state index contributed by atoms with van der Waals surface area (Å²) in [5, 5.41) is 107. The van der Waals surface area contributed by atoms with Crippen molar-refractivity contribution < 1.29 is 70.0 Å². The molecule has 7 aliphatic rings. The fraction of sp³-hybridized carbons (Fsp3) is 1.00. The van der Waals surface area contributed by atoms with E-state index < -0.39 is 91.2 Å². The summed E-state index contributed by atoms with van der Waals surface area (Å²) in [6.07, 6.45) is -7.95. The van der Waals surface area contributed by atoms with E-state index in [9.17, 15) is 51.1 Å². The quantitative estimate of drug-likeness (QED) is 0.136. The summed E-state index contributed by atoms with van der Waals surface area (Å²) in [5.74, 6) is -0.0267. The van der Waals surface area contributed by atoms with Crippen molar-refractivity contribution in [3.05, 3.63) is 0 Å². The van der Waals surface area contributed by atoms with Crippen LogP contribution in [0.25, 0.3) is 0 Å². The summed E-state index contributed by atoms with van der Waals surface area (Å²) in [7, 11) is 0. The number of hydrogen-bond donors (Lipinski definition) is 10. The van der Waals surface area contributed by atoms with E-state index in [4.69, 9.17) is 18.9 Å². The molecule has 10 N–H and O–H groups in total. The Bertz CT molecular complexity index is 1390. The molecule has 0 aromatic rings. The van der Waals surface area contributed by atoms with Crippen molar-refractivity contribution in [2.75, 3.05) is 13.2 Å². The van der Waals surface area contributed by atoms with Gasteiger partial charge in [-0.25, -0.2) is 0 Å². The lowest BCUT2D eigenvalue weighted by molar-refractivity contribution is -0.315. The highest BCUT2D eigenvalue weighted by molar-refractivity contribution is 5.32. The molecule has 0 radical (unpaired) electrons. The minimum absolute atomic E-state index is 0.00527. The monoisotopic (exact) mass is 786 g/mol. The second kappa shape index (κ2) is 14.3. The number of aliphatic hydroxyl groups excluding tert-OH is 9. The smallest absolute Gasteiger partial charge is 0.186 e. The molecular weight excluding hydrogens is 716 g/mol. The van der Waals surface area contributed by atoms with Crippen LogP contribution in [0.1, 0.15) is 106 Å². The largest absolute Gasteiger partial charge is 0.394 e. The summed E-state index contributed by atoms with van der Waals surface area (Å²) in [6, 6.07) is 0. The molecule has 5 aliphatic carbocycles.